The predicted octanol–water partition coefficient (Wildman–Crippen LogP) is 3.16. The van der Waals surface area contributed by atoms with Gasteiger partial charge in [-0.1, -0.05) is 31.9 Å². The highest BCUT2D eigenvalue weighted by molar-refractivity contribution is 6.07. The van der Waals surface area contributed by atoms with Crippen LogP contribution < -0.4 is 4.90 Å². The number of nitrogens with zero attached hydrogens (tertiary/aromatic N) is 1. The van der Waals surface area contributed by atoms with E-state index in [1.807, 2.05) is 39.1 Å². The lowest BCUT2D eigenvalue weighted by Gasteiger charge is -2.17. The van der Waals surface area contributed by atoms with Gasteiger partial charge in [-0.15, -0.1) is 0 Å². The van der Waals surface area contributed by atoms with Crippen molar-refractivity contribution < 1.29 is 9.90 Å². The fourth-order valence-corrected chi connectivity index (χ4v) is 2.76. The molecular weight excluding hydrogens is 238 g/mol. The van der Waals surface area contributed by atoms with Gasteiger partial charge in [-0.05, 0) is 37.5 Å². The number of likely N-dealkylation sites (N-methyl/N-ethyl adjacent to an activating group) is 1. The van der Waals surface area contributed by atoms with Crippen molar-refractivity contribution in [3.05, 3.63) is 29.3 Å². The van der Waals surface area contributed by atoms with Crippen molar-refractivity contribution in [2.45, 2.75) is 51.6 Å². The lowest BCUT2D eigenvalue weighted by atomic mass is 9.84. The number of hydrogen-bond donors (Lipinski definition) is 1. The zero-order valence-electron chi connectivity index (χ0n) is 12.2. The minimum atomic E-state index is -0.495. The Morgan fingerprint density at radius 2 is 2.05 bits per heavy atom. The van der Waals surface area contributed by atoms with Gasteiger partial charge in [0.2, 0.25) is 5.91 Å². The topological polar surface area (TPSA) is 40.5 Å². The van der Waals surface area contributed by atoms with E-state index in [0.29, 0.717) is 0 Å². The molecule has 2 rings (SSSR count). The van der Waals surface area contributed by atoms with Crippen molar-refractivity contribution in [2.24, 2.45) is 0 Å². The molecule has 1 amide bonds. The number of unbranched alkanes of at least 4 members (excludes halogenated alkanes) is 1. The molecule has 0 aromatic heterocycles. The van der Waals surface area contributed by atoms with Gasteiger partial charge in [-0.2, -0.15) is 0 Å². The van der Waals surface area contributed by atoms with E-state index in [1.54, 1.807) is 4.90 Å². The maximum absolute atomic E-state index is 12.2. The summed E-state index contributed by atoms with van der Waals surface area (Å²) in [4.78, 5) is 13.9. The third-order valence-electron chi connectivity index (χ3n) is 4.11. The quantitative estimate of drug-likeness (QED) is 0.904. The van der Waals surface area contributed by atoms with Crippen LogP contribution >= 0.6 is 0 Å². The molecule has 1 heterocycles. The van der Waals surface area contributed by atoms with Gasteiger partial charge in [0.25, 0.3) is 0 Å². The Hall–Kier alpha value is -1.35. The Labute approximate surface area is 115 Å². The predicted molar refractivity (Wildman–Crippen MR) is 77.4 cm³/mol. The first-order valence-electron chi connectivity index (χ1n) is 7.00. The Morgan fingerprint density at radius 1 is 1.37 bits per heavy atom. The van der Waals surface area contributed by atoms with E-state index in [4.69, 9.17) is 0 Å². The van der Waals surface area contributed by atoms with Gasteiger partial charge in [0.15, 0.2) is 0 Å². The molecule has 1 atom stereocenters. The van der Waals surface area contributed by atoms with Crippen LogP contribution in [0.4, 0.5) is 5.69 Å². The summed E-state index contributed by atoms with van der Waals surface area (Å²) in [6.07, 6.45) is 2.44. The van der Waals surface area contributed by atoms with E-state index in [1.165, 1.54) is 0 Å². The summed E-state index contributed by atoms with van der Waals surface area (Å²) in [5.41, 5.74) is 2.41. The van der Waals surface area contributed by atoms with E-state index < -0.39 is 11.5 Å². The van der Waals surface area contributed by atoms with Crippen molar-refractivity contribution in [1.29, 1.82) is 0 Å². The van der Waals surface area contributed by atoms with Crippen LogP contribution in [0.25, 0.3) is 0 Å². The molecule has 0 spiro atoms. The molecule has 1 N–H and O–H groups in total. The van der Waals surface area contributed by atoms with E-state index in [2.05, 4.69) is 6.92 Å². The Kier molecular flexibility index (Phi) is 3.68. The van der Waals surface area contributed by atoms with Gasteiger partial charge in [0.05, 0.1) is 11.5 Å². The van der Waals surface area contributed by atoms with Crippen molar-refractivity contribution in [3.8, 4) is 0 Å². The minimum Gasteiger partial charge on any atom is -0.388 e. The standard InChI is InChI=1S/C16H23NO2/c1-5-6-7-14(18)11-8-9-13-12(10-11)16(2,3)15(19)17(13)4/h8-10,14,18H,5-7H2,1-4H3. The number of aliphatic hydroxyl groups is 1. The van der Waals surface area contributed by atoms with Crippen molar-refractivity contribution >= 4 is 11.6 Å². The van der Waals surface area contributed by atoms with Gasteiger partial charge in [0, 0.05) is 12.7 Å². The van der Waals surface area contributed by atoms with E-state index in [-0.39, 0.29) is 5.91 Å². The van der Waals surface area contributed by atoms with Crippen molar-refractivity contribution in [1.82, 2.24) is 0 Å². The van der Waals surface area contributed by atoms with Crippen LogP contribution in [0.5, 0.6) is 0 Å². The normalized spacial score (nSPS) is 18.6. The van der Waals surface area contributed by atoms with E-state index >= 15 is 0 Å². The number of carbonyl (C=O) groups is 1. The van der Waals surface area contributed by atoms with Crippen molar-refractivity contribution in [2.75, 3.05) is 11.9 Å². The Balaban J connectivity index is 2.35. The van der Waals surface area contributed by atoms with Gasteiger partial charge in [-0.3, -0.25) is 4.79 Å². The molecular formula is C16H23NO2. The van der Waals surface area contributed by atoms with Crippen LogP contribution in [-0.2, 0) is 10.2 Å². The third-order valence-corrected chi connectivity index (χ3v) is 4.11. The highest BCUT2D eigenvalue weighted by atomic mass is 16.3. The number of benzene rings is 1. The van der Waals surface area contributed by atoms with Crippen LogP contribution in [0.3, 0.4) is 0 Å². The number of fused-ring (bicyclic) bond motifs is 1. The number of aliphatic hydroxyl groups excluding tert-OH is 1. The van der Waals surface area contributed by atoms with Crippen molar-refractivity contribution in [3.63, 3.8) is 0 Å². The van der Waals surface area contributed by atoms with Crippen LogP contribution in [0.2, 0.25) is 0 Å². The second kappa shape index (κ2) is 4.97. The number of carbonyl (C=O) groups excluding carboxylic acids is 1. The first-order chi connectivity index (χ1) is 8.89. The molecule has 0 radical (unpaired) electrons. The molecule has 0 fully saturated rings. The Morgan fingerprint density at radius 3 is 2.68 bits per heavy atom. The average molecular weight is 261 g/mol. The number of rotatable bonds is 4. The summed E-state index contributed by atoms with van der Waals surface area (Å²) >= 11 is 0. The number of anilines is 1. The zero-order chi connectivity index (χ0) is 14.2. The summed E-state index contributed by atoms with van der Waals surface area (Å²) in [7, 11) is 1.81. The molecule has 0 saturated heterocycles. The molecule has 0 aliphatic carbocycles. The minimum absolute atomic E-state index is 0.114. The second-order valence-corrected chi connectivity index (χ2v) is 5.92. The molecule has 0 saturated carbocycles. The molecule has 19 heavy (non-hydrogen) atoms. The molecule has 1 unspecified atom stereocenters. The lowest BCUT2D eigenvalue weighted by molar-refractivity contribution is -0.121. The van der Waals surface area contributed by atoms with Crippen LogP contribution in [-0.4, -0.2) is 18.1 Å². The van der Waals surface area contributed by atoms with E-state index in [9.17, 15) is 9.90 Å². The molecule has 0 bridgehead atoms. The van der Waals surface area contributed by atoms with Gasteiger partial charge < -0.3 is 10.0 Å². The average Bonchev–Trinajstić information content (AvgIpc) is 2.57. The third kappa shape index (κ3) is 2.27. The molecule has 1 aliphatic heterocycles. The maximum Gasteiger partial charge on any atom is 0.236 e. The number of hydrogen-bond acceptors (Lipinski definition) is 2. The smallest absolute Gasteiger partial charge is 0.236 e. The lowest BCUT2D eigenvalue weighted by Crippen LogP contribution is -2.33. The summed E-state index contributed by atoms with van der Waals surface area (Å²) in [5.74, 6) is 0.114. The molecule has 104 valence electrons. The van der Waals surface area contributed by atoms with Crippen LogP contribution in [0.15, 0.2) is 18.2 Å². The second-order valence-electron chi connectivity index (χ2n) is 5.92. The first kappa shape index (κ1) is 14.1. The van der Waals surface area contributed by atoms with Gasteiger partial charge in [0.1, 0.15) is 0 Å². The molecule has 3 heteroatoms. The van der Waals surface area contributed by atoms with E-state index in [0.717, 1.165) is 36.1 Å². The van der Waals surface area contributed by atoms with Gasteiger partial charge >= 0.3 is 0 Å². The molecule has 1 aromatic carbocycles. The zero-order valence-corrected chi connectivity index (χ0v) is 12.2. The summed E-state index contributed by atoms with van der Waals surface area (Å²) in [6, 6.07) is 5.88. The van der Waals surface area contributed by atoms with Crippen LogP contribution in [0.1, 0.15) is 57.3 Å². The van der Waals surface area contributed by atoms with Crippen LogP contribution in [0, 0.1) is 0 Å². The highest BCUT2D eigenvalue weighted by Crippen LogP contribution is 2.42. The van der Waals surface area contributed by atoms with Gasteiger partial charge in [-0.25, -0.2) is 0 Å². The fraction of sp³-hybridized carbons (Fsp3) is 0.562. The Bertz CT molecular complexity index is 494. The summed E-state index contributed by atoms with van der Waals surface area (Å²) < 4.78 is 0. The first-order valence-corrected chi connectivity index (χ1v) is 7.00. The molecule has 1 aromatic rings. The molecule has 1 aliphatic rings. The molecule has 3 nitrogen and oxygen atoms in total. The largest absolute Gasteiger partial charge is 0.388 e. The summed E-state index contributed by atoms with van der Waals surface area (Å²) in [5, 5.41) is 10.2. The fourth-order valence-electron chi connectivity index (χ4n) is 2.76. The SMILES string of the molecule is CCCCC(O)c1ccc2c(c1)C(C)(C)C(=O)N2C. The number of amides is 1. The summed E-state index contributed by atoms with van der Waals surface area (Å²) in [6.45, 7) is 6.01. The maximum atomic E-state index is 12.2. The monoisotopic (exact) mass is 261 g/mol. The highest BCUT2D eigenvalue weighted by Gasteiger charge is 2.42.